The second-order valence-electron chi connectivity index (χ2n) is 5.03. The molecule has 5 nitrogen and oxygen atoms in total. The van der Waals surface area contributed by atoms with Gasteiger partial charge in [-0.05, 0) is 37.6 Å². The Kier molecular flexibility index (Phi) is 4.84. The molecule has 1 fully saturated rings. The van der Waals surface area contributed by atoms with Crippen molar-refractivity contribution in [3.05, 3.63) is 23.8 Å². The zero-order valence-corrected chi connectivity index (χ0v) is 12.2. The largest absolute Gasteiger partial charge is 0.493 e. The number of benzene rings is 1. The fourth-order valence-electron chi connectivity index (χ4n) is 2.42. The van der Waals surface area contributed by atoms with Crippen molar-refractivity contribution < 1.29 is 14.3 Å². The molecule has 20 heavy (non-hydrogen) atoms. The maximum absolute atomic E-state index is 12.1. The highest BCUT2D eigenvalue weighted by molar-refractivity contribution is 5.79. The third-order valence-electron chi connectivity index (χ3n) is 3.70. The van der Waals surface area contributed by atoms with Crippen LogP contribution in [0.25, 0.3) is 0 Å². The fourth-order valence-corrected chi connectivity index (χ4v) is 2.42. The summed E-state index contributed by atoms with van der Waals surface area (Å²) in [5.41, 5.74) is 1.00. The predicted molar refractivity (Wildman–Crippen MR) is 77.1 cm³/mol. The van der Waals surface area contributed by atoms with Crippen molar-refractivity contribution >= 4 is 5.91 Å². The molecule has 1 amide bonds. The zero-order chi connectivity index (χ0) is 14.5. The molecule has 1 aromatic carbocycles. The van der Waals surface area contributed by atoms with Crippen molar-refractivity contribution in [1.82, 2.24) is 10.6 Å². The molecule has 2 N–H and O–H groups in total. The molecule has 1 aliphatic heterocycles. The summed E-state index contributed by atoms with van der Waals surface area (Å²) in [6, 6.07) is 5.65. The number of methoxy groups -OCH3 is 2. The molecule has 0 aliphatic carbocycles. The summed E-state index contributed by atoms with van der Waals surface area (Å²) in [7, 11) is 3.21. The second-order valence-corrected chi connectivity index (χ2v) is 5.03. The first-order chi connectivity index (χ1) is 9.65. The highest BCUT2D eigenvalue weighted by Crippen LogP contribution is 2.30. The number of ether oxygens (including phenoxy) is 2. The summed E-state index contributed by atoms with van der Waals surface area (Å²) in [5.74, 6) is 1.55. The van der Waals surface area contributed by atoms with Gasteiger partial charge < -0.3 is 20.1 Å². The first-order valence-corrected chi connectivity index (χ1v) is 6.88. The van der Waals surface area contributed by atoms with Gasteiger partial charge in [0.05, 0.1) is 26.2 Å². The van der Waals surface area contributed by atoms with Crippen LogP contribution in [0, 0.1) is 5.92 Å². The lowest BCUT2D eigenvalue weighted by molar-refractivity contribution is -0.125. The van der Waals surface area contributed by atoms with E-state index in [0.29, 0.717) is 11.5 Å². The van der Waals surface area contributed by atoms with E-state index >= 15 is 0 Å². The lowest BCUT2D eigenvalue weighted by Crippen LogP contribution is -2.33. The Bertz CT molecular complexity index is 470. The quantitative estimate of drug-likeness (QED) is 0.857. The van der Waals surface area contributed by atoms with Crippen LogP contribution in [0.2, 0.25) is 0 Å². The summed E-state index contributed by atoms with van der Waals surface area (Å²) in [5, 5.41) is 6.25. The molecule has 1 saturated heterocycles. The molecule has 2 unspecified atom stereocenters. The Morgan fingerprint density at radius 3 is 2.70 bits per heavy atom. The third-order valence-corrected chi connectivity index (χ3v) is 3.70. The van der Waals surface area contributed by atoms with Crippen LogP contribution in [-0.2, 0) is 4.79 Å². The van der Waals surface area contributed by atoms with Crippen LogP contribution in [0.15, 0.2) is 18.2 Å². The number of rotatable bonds is 5. The monoisotopic (exact) mass is 278 g/mol. The lowest BCUT2D eigenvalue weighted by Gasteiger charge is -2.18. The third kappa shape index (κ3) is 3.22. The molecule has 110 valence electrons. The van der Waals surface area contributed by atoms with Gasteiger partial charge in [-0.25, -0.2) is 0 Å². The van der Waals surface area contributed by atoms with Crippen molar-refractivity contribution in [2.24, 2.45) is 5.92 Å². The molecule has 0 radical (unpaired) electrons. The van der Waals surface area contributed by atoms with E-state index in [1.54, 1.807) is 14.2 Å². The lowest BCUT2D eigenvalue weighted by atomic mass is 10.0. The minimum Gasteiger partial charge on any atom is -0.493 e. The smallest absolute Gasteiger partial charge is 0.224 e. The van der Waals surface area contributed by atoms with Gasteiger partial charge in [0.15, 0.2) is 11.5 Å². The second kappa shape index (κ2) is 6.61. The first kappa shape index (κ1) is 14.7. The Labute approximate surface area is 119 Å². The van der Waals surface area contributed by atoms with E-state index in [4.69, 9.17) is 9.47 Å². The SMILES string of the molecule is COc1ccc(C(C)NC(=O)C2CCNC2)cc1OC. The standard InChI is InChI=1S/C15H22N2O3/c1-10(17-15(18)12-6-7-16-9-12)11-4-5-13(19-2)14(8-11)20-3/h4-5,8,10,12,16H,6-7,9H2,1-3H3,(H,17,18). The first-order valence-electron chi connectivity index (χ1n) is 6.88. The molecule has 0 saturated carbocycles. The molecule has 1 aliphatic rings. The van der Waals surface area contributed by atoms with Crippen molar-refractivity contribution in [3.8, 4) is 11.5 Å². The zero-order valence-electron chi connectivity index (χ0n) is 12.2. The van der Waals surface area contributed by atoms with Crippen LogP contribution in [0.3, 0.4) is 0 Å². The summed E-state index contributed by atoms with van der Waals surface area (Å²) >= 11 is 0. The van der Waals surface area contributed by atoms with E-state index in [1.807, 2.05) is 25.1 Å². The van der Waals surface area contributed by atoms with Gasteiger partial charge >= 0.3 is 0 Å². The topological polar surface area (TPSA) is 59.6 Å². The van der Waals surface area contributed by atoms with Gasteiger partial charge in [0.25, 0.3) is 0 Å². The Hall–Kier alpha value is -1.75. The van der Waals surface area contributed by atoms with Crippen LogP contribution in [0.1, 0.15) is 24.9 Å². The molecule has 2 atom stereocenters. The van der Waals surface area contributed by atoms with Crippen LogP contribution < -0.4 is 20.1 Å². The molecule has 5 heteroatoms. The van der Waals surface area contributed by atoms with Crippen LogP contribution in [0.4, 0.5) is 0 Å². The minimum atomic E-state index is -0.0529. The predicted octanol–water partition coefficient (Wildman–Crippen LogP) is 1.49. The summed E-state index contributed by atoms with van der Waals surface area (Å²) in [6.45, 7) is 3.66. The fraction of sp³-hybridized carbons (Fsp3) is 0.533. The molecular weight excluding hydrogens is 256 g/mol. The van der Waals surface area contributed by atoms with Crippen molar-refractivity contribution in [2.45, 2.75) is 19.4 Å². The van der Waals surface area contributed by atoms with Crippen LogP contribution >= 0.6 is 0 Å². The molecule has 0 aromatic heterocycles. The minimum absolute atomic E-state index is 0.0529. The molecule has 0 bridgehead atoms. The van der Waals surface area contributed by atoms with E-state index in [-0.39, 0.29) is 17.9 Å². The van der Waals surface area contributed by atoms with E-state index in [9.17, 15) is 4.79 Å². The van der Waals surface area contributed by atoms with E-state index < -0.39 is 0 Å². The highest BCUT2D eigenvalue weighted by atomic mass is 16.5. The van der Waals surface area contributed by atoms with Gasteiger partial charge in [0.1, 0.15) is 0 Å². The maximum atomic E-state index is 12.1. The van der Waals surface area contributed by atoms with E-state index in [0.717, 1.165) is 25.1 Å². The Balaban J connectivity index is 2.04. The van der Waals surface area contributed by atoms with Gasteiger partial charge in [-0.2, -0.15) is 0 Å². The summed E-state index contributed by atoms with van der Waals surface area (Å²) in [6.07, 6.45) is 0.907. The van der Waals surface area contributed by atoms with Gasteiger partial charge in [-0.15, -0.1) is 0 Å². The van der Waals surface area contributed by atoms with Crippen LogP contribution in [0.5, 0.6) is 11.5 Å². The van der Waals surface area contributed by atoms with Gasteiger partial charge in [0.2, 0.25) is 5.91 Å². The van der Waals surface area contributed by atoms with Gasteiger partial charge in [0, 0.05) is 6.54 Å². The van der Waals surface area contributed by atoms with E-state index in [1.165, 1.54) is 0 Å². The molecule has 1 aromatic rings. The average molecular weight is 278 g/mol. The molecule has 2 rings (SSSR count). The molecular formula is C15H22N2O3. The average Bonchev–Trinajstić information content (AvgIpc) is 3.00. The summed E-state index contributed by atoms with van der Waals surface area (Å²) in [4.78, 5) is 12.1. The number of carbonyl (C=O) groups excluding carboxylic acids is 1. The molecule has 1 heterocycles. The normalized spacial score (nSPS) is 19.4. The number of nitrogens with one attached hydrogen (secondary N) is 2. The molecule has 0 spiro atoms. The van der Waals surface area contributed by atoms with Gasteiger partial charge in [-0.3, -0.25) is 4.79 Å². The number of amides is 1. The van der Waals surface area contributed by atoms with Crippen LogP contribution in [-0.4, -0.2) is 33.2 Å². The number of carbonyl (C=O) groups is 1. The Morgan fingerprint density at radius 2 is 2.10 bits per heavy atom. The number of hydrogen-bond acceptors (Lipinski definition) is 4. The van der Waals surface area contributed by atoms with E-state index in [2.05, 4.69) is 10.6 Å². The highest BCUT2D eigenvalue weighted by Gasteiger charge is 2.23. The van der Waals surface area contributed by atoms with Crippen molar-refractivity contribution in [2.75, 3.05) is 27.3 Å². The number of hydrogen-bond donors (Lipinski definition) is 2. The van der Waals surface area contributed by atoms with Crippen molar-refractivity contribution in [1.29, 1.82) is 0 Å². The van der Waals surface area contributed by atoms with Crippen molar-refractivity contribution in [3.63, 3.8) is 0 Å². The maximum Gasteiger partial charge on any atom is 0.224 e. The van der Waals surface area contributed by atoms with Gasteiger partial charge in [-0.1, -0.05) is 6.07 Å². The summed E-state index contributed by atoms with van der Waals surface area (Å²) < 4.78 is 10.5. The Morgan fingerprint density at radius 1 is 1.35 bits per heavy atom.